The van der Waals surface area contributed by atoms with Crippen LogP contribution in [0.4, 0.5) is 0 Å². The predicted octanol–water partition coefficient (Wildman–Crippen LogP) is 1.61. The fourth-order valence-electron chi connectivity index (χ4n) is 2.84. The Labute approximate surface area is 123 Å². The second-order valence-corrected chi connectivity index (χ2v) is 5.26. The highest BCUT2D eigenvalue weighted by Crippen LogP contribution is 2.14. The number of nitrogens with one attached hydrogen (secondary N) is 1. The van der Waals surface area contributed by atoms with Gasteiger partial charge in [0.25, 0.3) is 5.56 Å². The molecule has 4 heteroatoms. The van der Waals surface area contributed by atoms with E-state index < -0.39 is 0 Å². The van der Waals surface area contributed by atoms with Crippen molar-refractivity contribution in [2.24, 2.45) is 0 Å². The maximum absolute atomic E-state index is 12.4. The van der Waals surface area contributed by atoms with E-state index in [1.807, 2.05) is 24.3 Å². The minimum Gasteiger partial charge on any atom is -0.312 e. The largest absolute Gasteiger partial charge is 0.312 e. The molecule has 0 saturated carbocycles. The Kier molecular flexibility index (Phi) is 3.85. The molecule has 2 heterocycles. The lowest BCUT2D eigenvalue weighted by Gasteiger charge is -2.22. The molecule has 1 N–H and O–H groups in total. The molecule has 0 saturated heterocycles. The van der Waals surface area contributed by atoms with E-state index in [4.69, 9.17) is 5.26 Å². The first-order chi connectivity index (χ1) is 10.3. The number of fused-ring (bicyclic) bond motifs is 1. The molecule has 0 radical (unpaired) electrons. The first-order valence-corrected chi connectivity index (χ1v) is 7.20. The van der Waals surface area contributed by atoms with E-state index in [1.165, 1.54) is 5.56 Å². The van der Waals surface area contributed by atoms with Crippen LogP contribution in [-0.2, 0) is 25.9 Å². The van der Waals surface area contributed by atoms with E-state index in [0.29, 0.717) is 6.54 Å². The lowest BCUT2D eigenvalue weighted by Crippen LogP contribution is -2.34. The van der Waals surface area contributed by atoms with Gasteiger partial charge in [-0.15, -0.1) is 0 Å². The lowest BCUT2D eigenvalue weighted by molar-refractivity contribution is 0.558. The lowest BCUT2D eigenvalue weighted by atomic mass is 10.0. The summed E-state index contributed by atoms with van der Waals surface area (Å²) < 4.78 is 1.79. The molecule has 0 spiro atoms. The van der Waals surface area contributed by atoms with Crippen molar-refractivity contribution in [1.82, 2.24) is 9.88 Å². The zero-order chi connectivity index (χ0) is 14.7. The number of nitrogens with zero attached hydrogens (tertiary/aromatic N) is 2. The van der Waals surface area contributed by atoms with Crippen LogP contribution >= 0.6 is 0 Å². The van der Waals surface area contributed by atoms with Crippen molar-refractivity contribution in [1.29, 1.82) is 5.26 Å². The van der Waals surface area contributed by atoms with Gasteiger partial charge in [-0.2, -0.15) is 5.26 Å². The van der Waals surface area contributed by atoms with Gasteiger partial charge in [0.2, 0.25) is 0 Å². The summed E-state index contributed by atoms with van der Waals surface area (Å²) in [6.07, 6.45) is 1.64. The summed E-state index contributed by atoms with van der Waals surface area (Å²) in [6, 6.07) is 13.9. The fourth-order valence-corrected chi connectivity index (χ4v) is 2.84. The molecule has 0 aliphatic carbocycles. The van der Waals surface area contributed by atoms with Crippen molar-refractivity contribution in [3.8, 4) is 6.07 Å². The van der Waals surface area contributed by atoms with Crippen LogP contribution in [0, 0.1) is 11.3 Å². The Hall–Kier alpha value is -2.38. The van der Waals surface area contributed by atoms with Crippen molar-refractivity contribution < 1.29 is 0 Å². The van der Waals surface area contributed by atoms with Gasteiger partial charge in [0.05, 0.1) is 0 Å². The third-order valence-corrected chi connectivity index (χ3v) is 3.93. The molecule has 4 nitrogen and oxygen atoms in total. The zero-order valence-electron chi connectivity index (χ0n) is 11.8. The first-order valence-electron chi connectivity index (χ1n) is 7.20. The Bertz CT molecular complexity index is 741. The van der Waals surface area contributed by atoms with Gasteiger partial charge in [0, 0.05) is 31.7 Å². The highest BCUT2D eigenvalue weighted by atomic mass is 16.1. The van der Waals surface area contributed by atoms with Crippen molar-refractivity contribution in [2.45, 2.75) is 25.9 Å². The third-order valence-electron chi connectivity index (χ3n) is 3.93. The summed E-state index contributed by atoms with van der Waals surface area (Å²) >= 11 is 0. The molecule has 1 aromatic heterocycles. The number of aryl methyl sites for hydroxylation is 1. The number of benzene rings is 1. The Balaban J connectivity index is 1.97. The van der Waals surface area contributed by atoms with Crippen molar-refractivity contribution in [3.05, 3.63) is 69.1 Å². The van der Waals surface area contributed by atoms with Crippen LogP contribution in [0.5, 0.6) is 0 Å². The van der Waals surface area contributed by atoms with Crippen molar-refractivity contribution in [2.75, 3.05) is 6.54 Å². The van der Waals surface area contributed by atoms with E-state index in [2.05, 4.69) is 17.4 Å². The minimum atomic E-state index is -0.158. The Morgan fingerprint density at radius 3 is 2.86 bits per heavy atom. The van der Waals surface area contributed by atoms with E-state index in [9.17, 15) is 4.79 Å². The molecule has 106 valence electrons. The fraction of sp³-hybridized carbons (Fsp3) is 0.294. The van der Waals surface area contributed by atoms with Gasteiger partial charge < -0.3 is 9.88 Å². The van der Waals surface area contributed by atoms with E-state index in [-0.39, 0.29) is 11.1 Å². The van der Waals surface area contributed by atoms with Crippen LogP contribution in [0.2, 0.25) is 0 Å². The summed E-state index contributed by atoms with van der Waals surface area (Å²) in [5.74, 6) is 0. The van der Waals surface area contributed by atoms with Gasteiger partial charge in [0.1, 0.15) is 11.6 Å². The normalized spacial score (nSPS) is 13.5. The molecule has 0 bridgehead atoms. The number of hydrogen-bond acceptors (Lipinski definition) is 3. The summed E-state index contributed by atoms with van der Waals surface area (Å²) in [4.78, 5) is 12.4. The van der Waals surface area contributed by atoms with Gasteiger partial charge in [-0.05, 0) is 23.6 Å². The topological polar surface area (TPSA) is 57.8 Å². The smallest absolute Gasteiger partial charge is 0.268 e. The van der Waals surface area contributed by atoms with E-state index >= 15 is 0 Å². The second-order valence-electron chi connectivity index (χ2n) is 5.26. The van der Waals surface area contributed by atoms with Crippen molar-refractivity contribution in [3.63, 3.8) is 0 Å². The molecule has 0 fully saturated rings. The SMILES string of the molecule is N#Cc1cc2c(n(CCc3ccccc3)c1=O)CCNC2. The van der Waals surface area contributed by atoms with Gasteiger partial charge in [-0.1, -0.05) is 30.3 Å². The molecule has 2 aromatic rings. The molecule has 21 heavy (non-hydrogen) atoms. The van der Waals surface area contributed by atoms with Gasteiger partial charge >= 0.3 is 0 Å². The standard InChI is InChI=1S/C17H17N3O/c18-11-14-10-15-12-19-8-6-16(15)20(17(14)21)9-7-13-4-2-1-3-5-13/h1-5,10,19H,6-9,12H2. The number of nitriles is 1. The zero-order valence-corrected chi connectivity index (χ0v) is 11.8. The second kappa shape index (κ2) is 5.94. The summed E-state index contributed by atoms with van der Waals surface area (Å²) in [5, 5.41) is 12.4. The summed E-state index contributed by atoms with van der Waals surface area (Å²) in [5.41, 5.74) is 3.44. The van der Waals surface area contributed by atoms with Crippen LogP contribution in [0.15, 0.2) is 41.2 Å². The van der Waals surface area contributed by atoms with Gasteiger partial charge in [-0.25, -0.2) is 0 Å². The molecular formula is C17H17N3O. The Morgan fingerprint density at radius 2 is 2.10 bits per heavy atom. The number of rotatable bonds is 3. The van der Waals surface area contributed by atoms with E-state index in [0.717, 1.165) is 37.2 Å². The summed E-state index contributed by atoms with van der Waals surface area (Å²) in [6.45, 7) is 2.24. The molecule has 3 rings (SSSR count). The third kappa shape index (κ3) is 2.74. The predicted molar refractivity (Wildman–Crippen MR) is 81.0 cm³/mol. The number of hydrogen-bond donors (Lipinski definition) is 1. The quantitative estimate of drug-likeness (QED) is 0.928. The molecule has 1 aromatic carbocycles. The van der Waals surface area contributed by atoms with Crippen LogP contribution in [0.25, 0.3) is 0 Å². The van der Waals surface area contributed by atoms with Crippen LogP contribution in [-0.4, -0.2) is 11.1 Å². The number of pyridine rings is 1. The first kappa shape index (κ1) is 13.6. The Morgan fingerprint density at radius 1 is 1.29 bits per heavy atom. The van der Waals surface area contributed by atoms with Crippen LogP contribution in [0.3, 0.4) is 0 Å². The van der Waals surface area contributed by atoms with Crippen molar-refractivity contribution >= 4 is 0 Å². The molecule has 0 unspecified atom stereocenters. The molecule has 1 aliphatic heterocycles. The van der Waals surface area contributed by atoms with Crippen LogP contribution in [0.1, 0.15) is 22.4 Å². The van der Waals surface area contributed by atoms with Gasteiger partial charge in [0.15, 0.2) is 0 Å². The van der Waals surface area contributed by atoms with Gasteiger partial charge in [-0.3, -0.25) is 4.79 Å². The molecule has 0 atom stereocenters. The molecular weight excluding hydrogens is 262 g/mol. The monoisotopic (exact) mass is 279 g/mol. The highest BCUT2D eigenvalue weighted by Gasteiger charge is 2.17. The van der Waals surface area contributed by atoms with Crippen LogP contribution < -0.4 is 10.9 Å². The average Bonchev–Trinajstić information content (AvgIpc) is 2.54. The number of aromatic nitrogens is 1. The highest BCUT2D eigenvalue weighted by molar-refractivity contribution is 5.35. The molecule has 0 amide bonds. The summed E-state index contributed by atoms with van der Waals surface area (Å²) in [7, 11) is 0. The molecule has 1 aliphatic rings. The maximum atomic E-state index is 12.4. The average molecular weight is 279 g/mol. The van der Waals surface area contributed by atoms with E-state index in [1.54, 1.807) is 10.6 Å². The maximum Gasteiger partial charge on any atom is 0.268 e. The minimum absolute atomic E-state index is 0.158.